The van der Waals surface area contributed by atoms with Crippen LogP contribution in [0.15, 0.2) is 29.4 Å². The van der Waals surface area contributed by atoms with Crippen molar-refractivity contribution in [3.8, 4) is 0 Å². The first kappa shape index (κ1) is 11.6. The van der Waals surface area contributed by atoms with Crippen molar-refractivity contribution in [1.29, 1.82) is 0 Å². The van der Waals surface area contributed by atoms with Crippen LogP contribution in [-0.4, -0.2) is 24.4 Å². The molecule has 1 aromatic rings. The van der Waals surface area contributed by atoms with E-state index >= 15 is 0 Å². The van der Waals surface area contributed by atoms with E-state index in [-0.39, 0.29) is 12.2 Å². The molecule has 1 aliphatic heterocycles. The van der Waals surface area contributed by atoms with Gasteiger partial charge in [-0.25, -0.2) is 9.18 Å². The lowest BCUT2D eigenvalue weighted by Crippen LogP contribution is -2.36. The fourth-order valence-electron chi connectivity index (χ4n) is 1.69. The second-order valence-corrected chi connectivity index (χ2v) is 4.04. The van der Waals surface area contributed by atoms with Crippen molar-refractivity contribution in [2.45, 2.75) is 18.9 Å². The molecule has 0 N–H and O–H groups in total. The Bertz CT molecular complexity index is 486. The Kier molecular flexibility index (Phi) is 2.83. The van der Waals surface area contributed by atoms with Crippen LogP contribution in [0, 0.1) is 5.82 Å². The maximum absolute atomic E-state index is 13.1. The van der Waals surface area contributed by atoms with Gasteiger partial charge in [-0.05, 0) is 19.1 Å². The van der Waals surface area contributed by atoms with E-state index in [4.69, 9.17) is 4.84 Å². The average Bonchev–Trinajstić information content (AvgIpc) is 2.72. The normalized spacial score (nSPS) is 22.9. The fourth-order valence-corrected chi connectivity index (χ4v) is 1.69. The number of halogens is 1. The number of nitrogens with zero attached hydrogens (tertiary/aromatic N) is 1. The first-order chi connectivity index (χ1) is 8.05. The molecular weight excluding hydrogens is 225 g/mol. The molecule has 1 aliphatic rings. The van der Waals surface area contributed by atoms with Gasteiger partial charge in [-0.3, -0.25) is 0 Å². The van der Waals surface area contributed by atoms with Crippen molar-refractivity contribution in [1.82, 2.24) is 0 Å². The molecule has 0 spiro atoms. The van der Waals surface area contributed by atoms with Crippen LogP contribution in [0.1, 0.15) is 18.9 Å². The third kappa shape index (κ3) is 2.13. The van der Waals surface area contributed by atoms with E-state index in [2.05, 4.69) is 9.89 Å². The molecule has 1 aromatic carbocycles. The van der Waals surface area contributed by atoms with Gasteiger partial charge in [0, 0.05) is 12.0 Å². The third-order valence-corrected chi connectivity index (χ3v) is 2.64. The molecule has 0 saturated carbocycles. The van der Waals surface area contributed by atoms with Crippen LogP contribution in [0.3, 0.4) is 0 Å². The second kappa shape index (κ2) is 4.16. The highest BCUT2D eigenvalue weighted by Gasteiger charge is 2.43. The van der Waals surface area contributed by atoms with Crippen LogP contribution >= 0.6 is 0 Å². The minimum absolute atomic E-state index is 0.267. The summed E-state index contributed by atoms with van der Waals surface area (Å²) >= 11 is 0. The lowest BCUT2D eigenvalue weighted by molar-refractivity contribution is -0.164. The molecule has 17 heavy (non-hydrogen) atoms. The number of hydrogen-bond donors (Lipinski definition) is 0. The van der Waals surface area contributed by atoms with Crippen LogP contribution in [0.25, 0.3) is 0 Å². The van der Waals surface area contributed by atoms with Crippen molar-refractivity contribution >= 4 is 11.7 Å². The van der Waals surface area contributed by atoms with E-state index in [1.165, 1.54) is 19.2 Å². The van der Waals surface area contributed by atoms with E-state index in [1.54, 1.807) is 19.1 Å². The van der Waals surface area contributed by atoms with Crippen molar-refractivity contribution in [3.05, 3.63) is 35.6 Å². The summed E-state index contributed by atoms with van der Waals surface area (Å²) in [5.41, 5.74) is 0.0335. The van der Waals surface area contributed by atoms with Crippen molar-refractivity contribution in [3.63, 3.8) is 0 Å². The second-order valence-electron chi connectivity index (χ2n) is 4.04. The van der Waals surface area contributed by atoms with E-state index < -0.39 is 11.6 Å². The summed E-state index contributed by atoms with van der Waals surface area (Å²) in [5.74, 6) is -0.843. The molecule has 0 radical (unpaired) electrons. The number of carbonyl (C=O) groups excluding carboxylic acids is 1. The van der Waals surface area contributed by atoms with E-state index in [9.17, 15) is 9.18 Å². The molecule has 90 valence electrons. The number of rotatable bonds is 2. The molecule has 0 bridgehead atoms. The SMILES string of the molecule is COC(=O)C1(C)CC(c2cccc(F)c2)=NO1. The summed E-state index contributed by atoms with van der Waals surface area (Å²) in [6.45, 7) is 1.59. The summed E-state index contributed by atoms with van der Waals surface area (Å²) in [5, 5.41) is 3.82. The third-order valence-electron chi connectivity index (χ3n) is 2.64. The van der Waals surface area contributed by atoms with Gasteiger partial charge in [0.1, 0.15) is 5.82 Å². The Hall–Kier alpha value is -1.91. The van der Waals surface area contributed by atoms with Crippen molar-refractivity contribution < 1.29 is 18.8 Å². The molecule has 1 atom stereocenters. The number of oxime groups is 1. The van der Waals surface area contributed by atoms with Crippen molar-refractivity contribution in [2.24, 2.45) is 5.16 Å². The monoisotopic (exact) mass is 237 g/mol. The van der Waals surface area contributed by atoms with E-state index in [1.807, 2.05) is 0 Å². The minimum atomic E-state index is -1.11. The summed E-state index contributed by atoms with van der Waals surface area (Å²) in [4.78, 5) is 16.6. The molecule has 0 aliphatic carbocycles. The first-order valence-corrected chi connectivity index (χ1v) is 5.14. The van der Waals surface area contributed by atoms with Gasteiger partial charge in [0.05, 0.1) is 12.8 Å². The number of hydrogen-bond acceptors (Lipinski definition) is 4. The predicted molar refractivity (Wildman–Crippen MR) is 59.1 cm³/mol. The van der Waals surface area contributed by atoms with Crippen LogP contribution < -0.4 is 0 Å². The molecule has 4 nitrogen and oxygen atoms in total. The van der Waals surface area contributed by atoms with E-state index in [0.717, 1.165) is 0 Å². The molecule has 0 amide bonds. The first-order valence-electron chi connectivity index (χ1n) is 5.14. The van der Waals surface area contributed by atoms with Gasteiger partial charge >= 0.3 is 5.97 Å². The van der Waals surface area contributed by atoms with Gasteiger partial charge in [0.25, 0.3) is 0 Å². The van der Waals surface area contributed by atoms with Gasteiger partial charge in [-0.15, -0.1) is 0 Å². The lowest BCUT2D eigenvalue weighted by Gasteiger charge is -2.17. The zero-order chi connectivity index (χ0) is 12.5. The summed E-state index contributed by atoms with van der Waals surface area (Å²) < 4.78 is 17.7. The Morgan fingerprint density at radius 1 is 1.59 bits per heavy atom. The zero-order valence-electron chi connectivity index (χ0n) is 9.57. The predicted octanol–water partition coefficient (Wildman–Crippen LogP) is 1.88. The van der Waals surface area contributed by atoms with Gasteiger partial charge < -0.3 is 9.57 Å². The van der Waals surface area contributed by atoms with Crippen LogP contribution in [0.4, 0.5) is 4.39 Å². The number of benzene rings is 1. The number of methoxy groups -OCH3 is 1. The Morgan fingerprint density at radius 3 is 3.00 bits per heavy atom. The van der Waals surface area contributed by atoms with E-state index in [0.29, 0.717) is 11.3 Å². The smallest absolute Gasteiger partial charge is 0.353 e. The standard InChI is InChI=1S/C12H12FNO3/c1-12(11(15)16-2)7-10(14-17-12)8-4-3-5-9(13)6-8/h3-6H,7H2,1-2H3. The number of esters is 1. The largest absolute Gasteiger partial charge is 0.466 e. The van der Waals surface area contributed by atoms with Crippen molar-refractivity contribution in [2.75, 3.05) is 7.11 Å². The van der Waals surface area contributed by atoms with Crippen LogP contribution in [0.2, 0.25) is 0 Å². The molecule has 0 fully saturated rings. The molecule has 1 heterocycles. The molecule has 1 unspecified atom stereocenters. The highest BCUT2D eigenvalue weighted by atomic mass is 19.1. The van der Waals surface area contributed by atoms with Gasteiger partial charge in [0.15, 0.2) is 0 Å². The Morgan fingerprint density at radius 2 is 2.35 bits per heavy atom. The maximum Gasteiger partial charge on any atom is 0.353 e. The quantitative estimate of drug-likeness (QED) is 0.738. The molecule has 5 heteroatoms. The molecule has 2 rings (SSSR count). The average molecular weight is 237 g/mol. The van der Waals surface area contributed by atoms with Gasteiger partial charge in [-0.1, -0.05) is 17.3 Å². The summed E-state index contributed by atoms with van der Waals surface area (Å²) in [6, 6.07) is 6.00. The van der Waals surface area contributed by atoms with Crippen LogP contribution in [0.5, 0.6) is 0 Å². The zero-order valence-corrected chi connectivity index (χ0v) is 9.57. The Labute approximate surface area is 98.0 Å². The van der Waals surface area contributed by atoms with Gasteiger partial charge in [-0.2, -0.15) is 0 Å². The lowest BCUT2D eigenvalue weighted by atomic mass is 9.96. The highest BCUT2D eigenvalue weighted by molar-refractivity contribution is 6.04. The fraction of sp³-hybridized carbons (Fsp3) is 0.333. The van der Waals surface area contributed by atoms with Crippen LogP contribution in [-0.2, 0) is 14.4 Å². The number of carbonyl (C=O) groups is 1. The van der Waals surface area contributed by atoms with Gasteiger partial charge in [0.2, 0.25) is 5.60 Å². The molecule has 0 aromatic heterocycles. The summed E-state index contributed by atoms with van der Waals surface area (Å²) in [7, 11) is 1.29. The maximum atomic E-state index is 13.1. The number of ether oxygens (including phenoxy) is 1. The minimum Gasteiger partial charge on any atom is -0.466 e. The molecule has 0 saturated heterocycles. The molecular formula is C12H12FNO3. The highest BCUT2D eigenvalue weighted by Crippen LogP contribution is 2.27. The summed E-state index contributed by atoms with van der Waals surface area (Å²) in [6.07, 6.45) is 0.267. The Balaban J connectivity index is 2.20. The topological polar surface area (TPSA) is 47.9 Å².